The summed E-state index contributed by atoms with van der Waals surface area (Å²) in [5.41, 5.74) is 1.02. The van der Waals surface area contributed by atoms with Gasteiger partial charge < -0.3 is 10.1 Å². The molecule has 2 rings (SSSR count). The van der Waals surface area contributed by atoms with Crippen LogP contribution in [0, 0.1) is 5.82 Å². The molecule has 1 N–H and O–H groups in total. The van der Waals surface area contributed by atoms with Gasteiger partial charge in [-0.1, -0.05) is 30.3 Å². The predicted molar refractivity (Wildman–Crippen MR) is 74.8 cm³/mol. The summed E-state index contributed by atoms with van der Waals surface area (Å²) >= 11 is 0. The van der Waals surface area contributed by atoms with Gasteiger partial charge in [-0.05, 0) is 36.8 Å². The summed E-state index contributed by atoms with van der Waals surface area (Å²) in [6.45, 7) is 2.11. The Bertz CT molecular complexity index is 554. The van der Waals surface area contributed by atoms with Gasteiger partial charge in [-0.3, -0.25) is 4.79 Å². The third-order valence-electron chi connectivity index (χ3n) is 2.81. The lowest BCUT2D eigenvalue weighted by atomic mass is 10.2. The molecule has 0 aliphatic heterocycles. The second-order valence-corrected chi connectivity index (χ2v) is 4.42. The van der Waals surface area contributed by atoms with Crippen molar-refractivity contribution in [3.05, 3.63) is 66.0 Å². The average molecular weight is 273 g/mol. The summed E-state index contributed by atoms with van der Waals surface area (Å²) in [5, 5.41) is 2.79. The van der Waals surface area contributed by atoms with Crippen molar-refractivity contribution in [2.45, 2.75) is 19.6 Å². The molecule has 104 valence electrons. The van der Waals surface area contributed by atoms with Crippen LogP contribution in [0.3, 0.4) is 0 Å². The normalized spacial score (nSPS) is 11.7. The molecule has 1 amide bonds. The second-order valence-electron chi connectivity index (χ2n) is 4.42. The highest BCUT2D eigenvalue weighted by Gasteiger charge is 2.14. The van der Waals surface area contributed by atoms with E-state index in [-0.39, 0.29) is 11.7 Å². The Labute approximate surface area is 117 Å². The molecule has 0 aliphatic rings. The van der Waals surface area contributed by atoms with Gasteiger partial charge in [-0.15, -0.1) is 0 Å². The highest BCUT2D eigenvalue weighted by atomic mass is 19.1. The van der Waals surface area contributed by atoms with E-state index in [0.29, 0.717) is 12.3 Å². The van der Waals surface area contributed by atoms with Crippen molar-refractivity contribution >= 4 is 5.91 Å². The Kier molecular flexibility index (Phi) is 4.71. The first-order valence-electron chi connectivity index (χ1n) is 6.39. The molecule has 0 saturated carbocycles. The van der Waals surface area contributed by atoms with Crippen LogP contribution in [0.25, 0.3) is 0 Å². The molecular weight excluding hydrogens is 257 g/mol. The lowest BCUT2D eigenvalue weighted by Crippen LogP contribution is -2.35. The highest BCUT2D eigenvalue weighted by molar-refractivity contribution is 5.80. The molecule has 0 saturated heterocycles. The molecule has 3 nitrogen and oxygen atoms in total. The first-order valence-corrected chi connectivity index (χ1v) is 6.39. The van der Waals surface area contributed by atoms with E-state index < -0.39 is 6.10 Å². The molecule has 2 aromatic rings. The van der Waals surface area contributed by atoms with Crippen molar-refractivity contribution in [2.75, 3.05) is 0 Å². The Morgan fingerprint density at radius 3 is 2.45 bits per heavy atom. The van der Waals surface area contributed by atoms with E-state index in [0.717, 1.165) is 5.56 Å². The summed E-state index contributed by atoms with van der Waals surface area (Å²) in [5.74, 6) is -0.0783. The van der Waals surface area contributed by atoms with Crippen LogP contribution in [0.1, 0.15) is 12.5 Å². The molecule has 0 fully saturated rings. The van der Waals surface area contributed by atoms with Crippen LogP contribution < -0.4 is 10.1 Å². The third kappa shape index (κ3) is 4.09. The van der Waals surface area contributed by atoms with Crippen molar-refractivity contribution in [3.63, 3.8) is 0 Å². The van der Waals surface area contributed by atoms with Crippen molar-refractivity contribution in [2.24, 2.45) is 0 Å². The number of carbonyl (C=O) groups excluding carboxylic acids is 1. The van der Waals surface area contributed by atoms with Gasteiger partial charge in [-0.2, -0.15) is 0 Å². The van der Waals surface area contributed by atoms with Gasteiger partial charge in [0.25, 0.3) is 5.91 Å². The van der Waals surface area contributed by atoms with Crippen molar-refractivity contribution in [3.8, 4) is 5.75 Å². The number of benzene rings is 2. The minimum absolute atomic E-state index is 0.210. The molecule has 0 heterocycles. The summed E-state index contributed by atoms with van der Waals surface area (Å²) in [4.78, 5) is 11.9. The van der Waals surface area contributed by atoms with Crippen molar-refractivity contribution in [1.29, 1.82) is 0 Å². The van der Waals surface area contributed by atoms with E-state index in [1.54, 1.807) is 6.92 Å². The van der Waals surface area contributed by atoms with Crippen LogP contribution in [-0.2, 0) is 11.3 Å². The van der Waals surface area contributed by atoms with Crippen LogP contribution in [0.4, 0.5) is 4.39 Å². The molecule has 0 aliphatic carbocycles. The second kappa shape index (κ2) is 6.70. The van der Waals surface area contributed by atoms with Crippen LogP contribution >= 0.6 is 0 Å². The van der Waals surface area contributed by atoms with Gasteiger partial charge in [0.05, 0.1) is 0 Å². The monoisotopic (exact) mass is 273 g/mol. The van der Waals surface area contributed by atoms with Crippen molar-refractivity contribution < 1.29 is 13.9 Å². The molecule has 0 aromatic heterocycles. The lowest BCUT2D eigenvalue weighted by molar-refractivity contribution is -0.127. The fourth-order valence-electron chi connectivity index (χ4n) is 1.70. The van der Waals surface area contributed by atoms with E-state index in [1.165, 1.54) is 24.3 Å². The first-order chi connectivity index (χ1) is 9.65. The van der Waals surface area contributed by atoms with E-state index in [4.69, 9.17) is 4.74 Å². The molecule has 2 aromatic carbocycles. The minimum Gasteiger partial charge on any atom is -0.481 e. The maximum Gasteiger partial charge on any atom is 0.261 e. The Morgan fingerprint density at radius 2 is 1.80 bits per heavy atom. The molecule has 0 bridgehead atoms. The van der Waals surface area contributed by atoms with Gasteiger partial charge >= 0.3 is 0 Å². The number of amides is 1. The summed E-state index contributed by atoms with van der Waals surface area (Å²) in [7, 11) is 0. The molecule has 0 spiro atoms. The van der Waals surface area contributed by atoms with Crippen LogP contribution in [0.15, 0.2) is 54.6 Å². The predicted octanol–water partition coefficient (Wildman–Crippen LogP) is 2.91. The van der Waals surface area contributed by atoms with Crippen LogP contribution in [0.2, 0.25) is 0 Å². The third-order valence-corrected chi connectivity index (χ3v) is 2.81. The maximum atomic E-state index is 12.8. The lowest BCUT2D eigenvalue weighted by Gasteiger charge is -2.14. The zero-order chi connectivity index (χ0) is 14.4. The zero-order valence-corrected chi connectivity index (χ0v) is 11.2. The zero-order valence-electron chi connectivity index (χ0n) is 11.2. The van der Waals surface area contributed by atoms with Crippen LogP contribution in [0.5, 0.6) is 5.75 Å². The smallest absolute Gasteiger partial charge is 0.261 e. The number of rotatable bonds is 5. The van der Waals surface area contributed by atoms with Gasteiger partial charge in [0.1, 0.15) is 11.6 Å². The fraction of sp³-hybridized carbons (Fsp3) is 0.188. The number of hydrogen-bond acceptors (Lipinski definition) is 2. The summed E-state index contributed by atoms with van der Waals surface area (Å²) in [6, 6.07) is 15.2. The van der Waals surface area contributed by atoms with E-state index >= 15 is 0 Å². The van der Waals surface area contributed by atoms with E-state index in [2.05, 4.69) is 5.32 Å². The average Bonchev–Trinajstić information content (AvgIpc) is 2.48. The van der Waals surface area contributed by atoms with Gasteiger partial charge in [0.15, 0.2) is 6.10 Å². The molecule has 4 heteroatoms. The first kappa shape index (κ1) is 14.1. The maximum absolute atomic E-state index is 12.8. The molecule has 20 heavy (non-hydrogen) atoms. The Hall–Kier alpha value is -2.36. The van der Waals surface area contributed by atoms with E-state index in [9.17, 15) is 9.18 Å². The van der Waals surface area contributed by atoms with Gasteiger partial charge in [0, 0.05) is 6.54 Å². The number of halogens is 1. The van der Waals surface area contributed by atoms with Gasteiger partial charge in [0.2, 0.25) is 0 Å². The van der Waals surface area contributed by atoms with Gasteiger partial charge in [-0.25, -0.2) is 4.39 Å². The largest absolute Gasteiger partial charge is 0.481 e. The number of nitrogens with one attached hydrogen (secondary N) is 1. The Morgan fingerprint density at radius 1 is 1.15 bits per heavy atom. The number of carbonyl (C=O) groups is 1. The highest BCUT2D eigenvalue weighted by Crippen LogP contribution is 2.13. The molecule has 1 atom stereocenters. The number of hydrogen-bond donors (Lipinski definition) is 1. The van der Waals surface area contributed by atoms with Crippen LogP contribution in [-0.4, -0.2) is 12.0 Å². The van der Waals surface area contributed by atoms with E-state index in [1.807, 2.05) is 30.3 Å². The number of ether oxygens (including phenoxy) is 1. The SMILES string of the molecule is CC(Oc1ccc(F)cc1)C(=O)NCc1ccccc1. The summed E-state index contributed by atoms with van der Waals surface area (Å²) < 4.78 is 18.2. The quantitative estimate of drug-likeness (QED) is 0.909. The topological polar surface area (TPSA) is 38.3 Å². The molecular formula is C16H16FNO2. The summed E-state index contributed by atoms with van der Waals surface area (Å²) in [6.07, 6.45) is -0.635. The van der Waals surface area contributed by atoms with Crippen molar-refractivity contribution in [1.82, 2.24) is 5.32 Å². The fourth-order valence-corrected chi connectivity index (χ4v) is 1.70. The molecule has 1 unspecified atom stereocenters. The standard InChI is InChI=1S/C16H16FNO2/c1-12(20-15-9-7-14(17)8-10-15)16(19)18-11-13-5-3-2-4-6-13/h2-10,12H,11H2,1H3,(H,18,19). The minimum atomic E-state index is -0.635. The Balaban J connectivity index is 1.84. The molecule has 0 radical (unpaired) electrons.